The molecule has 6 nitrogen and oxygen atoms in total. The Balaban J connectivity index is 2.04. The largest absolute Gasteiger partial charge is 0.471 e. The van der Waals surface area contributed by atoms with Gasteiger partial charge < -0.3 is 15.1 Å². The molecule has 1 saturated heterocycles. The molecule has 1 aromatic carbocycles. The lowest BCUT2D eigenvalue weighted by atomic mass is 10.1. The van der Waals surface area contributed by atoms with Crippen molar-refractivity contribution in [2.45, 2.75) is 46.0 Å². The van der Waals surface area contributed by atoms with Gasteiger partial charge in [-0.05, 0) is 38.5 Å². The predicted octanol–water partition coefficient (Wildman–Crippen LogP) is 2.79. The zero-order valence-corrected chi connectivity index (χ0v) is 16.0. The first kappa shape index (κ1) is 21.7. The molecule has 1 aliphatic heterocycles. The van der Waals surface area contributed by atoms with Crippen molar-refractivity contribution in [3.8, 4) is 0 Å². The Morgan fingerprint density at radius 2 is 2.00 bits per heavy atom. The van der Waals surface area contributed by atoms with Crippen LogP contribution in [0.25, 0.3) is 0 Å². The van der Waals surface area contributed by atoms with Crippen LogP contribution >= 0.6 is 0 Å². The first-order valence-corrected chi connectivity index (χ1v) is 9.08. The fourth-order valence-corrected chi connectivity index (χ4v) is 3.12. The van der Waals surface area contributed by atoms with Gasteiger partial charge in [-0.1, -0.05) is 12.1 Å². The van der Waals surface area contributed by atoms with Gasteiger partial charge in [-0.2, -0.15) is 13.2 Å². The molecule has 1 fully saturated rings. The molecule has 1 heterocycles. The molecule has 0 aliphatic carbocycles. The first-order chi connectivity index (χ1) is 13.0. The molecule has 9 heteroatoms. The molecule has 0 spiro atoms. The lowest BCUT2D eigenvalue weighted by Gasteiger charge is -2.22. The van der Waals surface area contributed by atoms with Crippen molar-refractivity contribution >= 4 is 23.4 Å². The van der Waals surface area contributed by atoms with E-state index in [1.165, 1.54) is 13.0 Å². The van der Waals surface area contributed by atoms with Crippen molar-refractivity contribution in [2.75, 3.05) is 18.4 Å². The van der Waals surface area contributed by atoms with Crippen LogP contribution in [-0.2, 0) is 20.9 Å². The smallest absolute Gasteiger partial charge is 0.339 e. The van der Waals surface area contributed by atoms with Gasteiger partial charge >= 0.3 is 12.1 Å². The standard InChI is InChI=1S/C19H24F3N3O3/c1-4-24(18(28)19(20,21)22)10-13-6-5-7-15(8-13)23-17(27)14-9-16(26)25(11-14)12(2)3/h5-8,12,14H,4,9-11H2,1-3H3,(H,23,27). The van der Waals surface area contributed by atoms with E-state index in [-0.39, 0.29) is 37.4 Å². The second-order valence-corrected chi connectivity index (χ2v) is 7.05. The molecule has 28 heavy (non-hydrogen) atoms. The average Bonchev–Trinajstić information content (AvgIpc) is 3.01. The van der Waals surface area contributed by atoms with E-state index in [1.54, 1.807) is 23.1 Å². The maximum atomic E-state index is 12.7. The Labute approximate surface area is 161 Å². The van der Waals surface area contributed by atoms with Crippen LogP contribution in [0.2, 0.25) is 0 Å². The zero-order chi connectivity index (χ0) is 21.1. The van der Waals surface area contributed by atoms with Crippen LogP contribution < -0.4 is 5.32 Å². The van der Waals surface area contributed by atoms with E-state index in [1.807, 2.05) is 13.8 Å². The Morgan fingerprint density at radius 1 is 1.32 bits per heavy atom. The summed E-state index contributed by atoms with van der Waals surface area (Å²) in [5.74, 6) is -2.76. The first-order valence-electron chi connectivity index (χ1n) is 9.08. The van der Waals surface area contributed by atoms with Gasteiger partial charge in [0.25, 0.3) is 0 Å². The Hall–Kier alpha value is -2.58. The fourth-order valence-electron chi connectivity index (χ4n) is 3.12. The SMILES string of the molecule is CCN(Cc1cccc(NC(=O)C2CC(=O)N(C(C)C)C2)c1)C(=O)C(F)(F)F. The van der Waals surface area contributed by atoms with Crippen molar-refractivity contribution in [1.82, 2.24) is 9.80 Å². The van der Waals surface area contributed by atoms with Gasteiger partial charge in [0.2, 0.25) is 11.8 Å². The van der Waals surface area contributed by atoms with E-state index in [0.717, 1.165) is 0 Å². The van der Waals surface area contributed by atoms with E-state index in [4.69, 9.17) is 0 Å². The zero-order valence-electron chi connectivity index (χ0n) is 16.0. The predicted molar refractivity (Wildman–Crippen MR) is 97.2 cm³/mol. The normalized spacial score (nSPS) is 17.2. The van der Waals surface area contributed by atoms with Crippen molar-refractivity contribution in [3.05, 3.63) is 29.8 Å². The monoisotopic (exact) mass is 399 g/mol. The molecule has 0 saturated carbocycles. The summed E-state index contributed by atoms with van der Waals surface area (Å²) >= 11 is 0. The summed E-state index contributed by atoms with van der Waals surface area (Å²) in [7, 11) is 0. The van der Waals surface area contributed by atoms with Crippen molar-refractivity contribution in [2.24, 2.45) is 5.92 Å². The summed E-state index contributed by atoms with van der Waals surface area (Å²) in [4.78, 5) is 38.2. The summed E-state index contributed by atoms with van der Waals surface area (Å²) in [5.41, 5.74) is 0.872. The number of likely N-dealkylation sites (tertiary alicyclic amines) is 1. The number of carbonyl (C=O) groups is 3. The number of nitrogens with zero attached hydrogens (tertiary/aromatic N) is 2. The summed E-state index contributed by atoms with van der Waals surface area (Å²) in [6, 6.07) is 6.33. The molecule has 2 rings (SSSR count). The van der Waals surface area contributed by atoms with Gasteiger partial charge in [0, 0.05) is 37.8 Å². The van der Waals surface area contributed by atoms with Crippen LogP contribution in [0.4, 0.5) is 18.9 Å². The topological polar surface area (TPSA) is 69.7 Å². The quantitative estimate of drug-likeness (QED) is 0.800. The molecule has 0 bridgehead atoms. The summed E-state index contributed by atoms with van der Waals surface area (Å²) in [5, 5.41) is 2.71. The van der Waals surface area contributed by atoms with Crippen LogP contribution in [0.5, 0.6) is 0 Å². The van der Waals surface area contributed by atoms with Crippen molar-refractivity contribution in [3.63, 3.8) is 0 Å². The molecular weight excluding hydrogens is 375 g/mol. The van der Waals surface area contributed by atoms with Gasteiger partial charge in [-0.3, -0.25) is 14.4 Å². The molecule has 1 N–H and O–H groups in total. The number of hydrogen-bond donors (Lipinski definition) is 1. The Bertz CT molecular complexity index is 749. The molecule has 0 radical (unpaired) electrons. The van der Waals surface area contributed by atoms with E-state index < -0.39 is 18.0 Å². The third-order valence-electron chi connectivity index (χ3n) is 4.63. The maximum Gasteiger partial charge on any atom is 0.471 e. The molecule has 1 unspecified atom stereocenters. The maximum absolute atomic E-state index is 12.7. The molecule has 1 atom stereocenters. The van der Waals surface area contributed by atoms with Gasteiger partial charge in [-0.25, -0.2) is 0 Å². The number of nitrogens with one attached hydrogen (secondary N) is 1. The average molecular weight is 399 g/mol. The summed E-state index contributed by atoms with van der Waals surface area (Å²) < 4.78 is 38.0. The summed E-state index contributed by atoms with van der Waals surface area (Å²) in [6.45, 7) is 5.25. The van der Waals surface area contributed by atoms with Crippen LogP contribution in [0.1, 0.15) is 32.8 Å². The number of halogens is 3. The minimum Gasteiger partial charge on any atom is -0.339 e. The minimum atomic E-state index is -4.93. The van der Waals surface area contributed by atoms with Gasteiger partial charge in [0.05, 0.1) is 5.92 Å². The highest BCUT2D eigenvalue weighted by Crippen LogP contribution is 2.23. The number of hydrogen-bond acceptors (Lipinski definition) is 3. The highest BCUT2D eigenvalue weighted by molar-refractivity contribution is 5.97. The van der Waals surface area contributed by atoms with E-state index in [2.05, 4.69) is 5.32 Å². The number of anilines is 1. The van der Waals surface area contributed by atoms with Crippen LogP contribution in [0.3, 0.4) is 0 Å². The number of alkyl halides is 3. The molecule has 1 aromatic rings. The van der Waals surface area contributed by atoms with Crippen LogP contribution in [-0.4, -0.2) is 52.8 Å². The van der Waals surface area contributed by atoms with Gasteiger partial charge in [0.1, 0.15) is 0 Å². The Morgan fingerprint density at radius 3 is 2.54 bits per heavy atom. The van der Waals surface area contributed by atoms with Crippen LogP contribution in [0.15, 0.2) is 24.3 Å². The van der Waals surface area contributed by atoms with Crippen LogP contribution in [0, 0.1) is 5.92 Å². The lowest BCUT2D eigenvalue weighted by Crippen LogP contribution is -2.40. The second kappa shape index (κ2) is 8.62. The lowest BCUT2D eigenvalue weighted by molar-refractivity contribution is -0.185. The Kier molecular flexibility index (Phi) is 6.69. The number of benzene rings is 1. The third kappa shape index (κ3) is 5.24. The van der Waals surface area contributed by atoms with E-state index in [9.17, 15) is 27.6 Å². The summed E-state index contributed by atoms with van der Waals surface area (Å²) in [6.07, 6.45) is -4.80. The second-order valence-electron chi connectivity index (χ2n) is 7.05. The molecule has 1 aliphatic rings. The van der Waals surface area contributed by atoms with Gasteiger partial charge in [0.15, 0.2) is 0 Å². The third-order valence-corrected chi connectivity index (χ3v) is 4.63. The number of amides is 3. The molecule has 3 amide bonds. The molecular formula is C19H24F3N3O3. The number of rotatable bonds is 6. The number of carbonyl (C=O) groups excluding carboxylic acids is 3. The van der Waals surface area contributed by atoms with E-state index >= 15 is 0 Å². The highest BCUT2D eigenvalue weighted by atomic mass is 19.4. The molecule has 0 aromatic heterocycles. The highest BCUT2D eigenvalue weighted by Gasteiger charge is 2.42. The van der Waals surface area contributed by atoms with E-state index in [0.29, 0.717) is 22.7 Å². The minimum absolute atomic E-state index is 0.0137. The molecule has 154 valence electrons. The fraction of sp³-hybridized carbons (Fsp3) is 0.526. The van der Waals surface area contributed by atoms with Crippen molar-refractivity contribution < 1.29 is 27.6 Å². The van der Waals surface area contributed by atoms with Crippen molar-refractivity contribution in [1.29, 1.82) is 0 Å². The van der Waals surface area contributed by atoms with Gasteiger partial charge in [-0.15, -0.1) is 0 Å².